The quantitative estimate of drug-likeness (QED) is 0.102. The van der Waals surface area contributed by atoms with Gasteiger partial charge in [-0.1, -0.05) is 96.1 Å². The molecule has 0 saturated carbocycles. The van der Waals surface area contributed by atoms with Crippen LogP contribution in [0.5, 0.6) is 0 Å². The van der Waals surface area contributed by atoms with Crippen molar-refractivity contribution in [2.45, 2.75) is 90.4 Å². The summed E-state index contributed by atoms with van der Waals surface area (Å²) in [5, 5.41) is 12.4. The highest BCUT2D eigenvalue weighted by molar-refractivity contribution is 6.87. The predicted octanol–water partition coefficient (Wildman–Crippen LogP) is 2.03. The van der Waals surface area contributed by atoms with Gasteiger partial charge in [0.1, 0.15) is 6.04 Å². The largest absolute Gasteiger partial charge is 0.427 e. The Labute approximate surface area is 269 Å². The van der Waals surface area contributed by atoms with Crippen LogP contribution in [0, 0.1) is 5.92 Å². The highest BCUT2D eigenvalue weighted by Crippen LogP contribution is 2.29. The first-order valence-electron chi connectivity index (χ1n) is 16.0. The van der Waals surface area contributed by atoms with E-state index in [0.29, 0.717) is 6.54 Å². The number of nitrogens with one attached hydrogen (secondary N) is 4. The molecule has 2 aromatic carbocycles. The lowest BCUT2D eigenvalue weighted by atomic mass is 10.0. The summed E-state index contributed by atoms with van der Waals surface area (Å²) in [7, 11) is -2.60. The molecule has 0 unspecified atom stereocenters. The molecule has 0 radical (unpaired) electrons. The predicted molar refractivity (Wildman–Crippen MR) is 181 cm³/mol. The number of amides is 4. The van der Waals surface area contributed by atoms with E-state index in [0.717, 1.165) is 23.6 Å². The number of rotatable bonds is 19. The molecule has 11 heteroatoms. The molecule has 0 fully saturated rings. The van der Waals surface area contributed by atoms with E-state index in [2.05, 4.69) is 67.2 Å². The number of primary amides is 1. The summed E-state index contributed by atoms with van der Waals surface area (Å²) < 4.78 is 0. The first-order chi connectivity index (χ1) is 21.2. The minimum absolute atomic E-state index is 0.0102. The van der Waals surface area contributed by atoms with Crippen molar-refractivity contribution in [3.05, 3.63) is 65.7 Å². The van der Waals surface area contributed by atoms with Gasteiger partial charge < -0.3 is 31.8 Å². The van der Waals surface area contributed by atoms with Crippen molar-refractivity contribution in [2.24, 2.45) is 11.7 Å². The second-order valence-electron chi connectivity index (χ2n) is 12.6. The third-order valence-electron chi connectivity index (χ3n) is 8.13. The average Bonchev–Trinajstić information content (AvgIpc) is 2.99. The lowest BCUT2D eigenvalue weighted by Crippen LogP contribution is -2.53. The Hall–Kier alpha value is -3.54. The summed E-state index contributed by atoms with van der Waals surface area (Å²) in [5.74, 6) is -1.75. The monoisotopic (exact) mass is 639 g/mol. The van der Waals surface area contributed by atoms with Crippen LogP contribution in [-0.4, -0.2) is 68.5 Å². The van der Waals surface area contributed by atoms with Crippen LogP contribution in [0.15, 0.2) is 54.6 Å². The van der Waals surface area contributed by atoms with Gasteiger partial charge in [0.15, 0.2) is 0 Å². The fraction of sp³-hybridized carbons (Fsp3) is 0.529. The fourth-order valence-electron chi connectivity index (χ4n) is 5.52. The first-order valence-corrected chi connectivity index (χ1v) is 18.1. The van der Waals surface area contributed by atoms with Crippen LogP contribution in [0.1, 0.15) is 65.5 Å². The van der Waals surface area contributed by atoms with E-state index in [4.69, 9.17) is 5.73 Å². The molecule has 2 aromatic rings. The lowest BCUT2D eigenvalue weighted by molar-refractivity contribution is -0.130. The minimum Gasteiger partial charge on any atom is -0.427 e. The summed E-state index contributed by atoms with van der Waals surface area (Å²) >= 11 is 0. The highest BCUT2D eigenvalue weighted by Gasteiger charge is 2.40. The molecule has 0 aliphatic heterocycles. The third-order valence-corrected chi connectivity index (χ3v) is 12.9. The molecule has 0 heterocycles. The molecular formula is C34H53N5O5Si. The molecule has 10 nitrogen and oxygen atoms in total. The van der Waals surface area contributed by atoms with Gasteiger partial charge in [-0.05, 0) is 52.7 Å². The summed E-state index contributed by atoms with van der Waals surface area (Å²) in [6, 6.07) is 16.2. The van der Waals surface area contributed by atoms with Crippen LogP contribution < -0.4 is 32.2 Å². The fourth-order valence-corrected chi connectivity index (χ4v) is 8.97. The standard InChI is InChI=1S/C34H53N5O5Si/c1-23(2)32(36-18-11-15-26-14-10-16-28(20-26)45(44,24(3)4)25(5)6)34(43)37-19-17-31(41)39-29(33(42)38-22-30(35)40)21-27-12-8-7-9-13-27/h7-10,12-14,16,20,23-25,29,32,36,44H,11,15,17-19,21-22H2,1-6H3,(H2,35,40)(H,37,43)(H,38,42)(H,39,41)/t29-,32-/m0/s1. The minimum atomic E-state index is -2.60. The Morgan fingerprint density at radius 2 is 1.47 bits per heavy atom. The number of benzene rings is 2. The van der Waals surface area contributed by atoms with Crippen molar-refractivity contribution in [3.63, 3.8) is 0 Å². The maximum Gasteiger partial charge on any atom is 0.243 e. The van der Waals surface area contributed by atoms with Crippen LogP contribution >= 0.6 is 0 Å². The summed E-state index contributed by atoms with van der Waals surface area (Å²) in [5.41, 5.74) is 7.60. The number of carbonyl (C=O) groups is 4. The van der Waals surface area contributed by atoms with Gasteiger partial charge in [-0.3, -0.25) is 19.2 Å². The second-order valence-corrected chi connectivity index (χ2v) is 17.2. The molecule has 7 N–H and O–H groups in total. The topological polar surface area (TPSA) is 163 Å². The number of hydrogen-bond acceptors (Lipinski definition) is 6. The zero-order valence-electron chi connectivity index (χ0n) is 27.7. The molecule has 45 heavy (non-hydrogen) atoms. The van der Waals surface area contributed by atoms with Gasteiger partial charge in [0.05, 0.1) is 12.6 Å². The van der Waals surface area contributed by atoms with E-state index in [-0.39, 0.29) is 48.8 Å². The Bertz CT molecular complexity index is 1250. The highest BCUT2D eigenvalue weighted by atomic mass is 28.4. The van der Waals surface area contributed by atoms with Crippen molar-refractivity contribution in [1.82, 2.24) is 21.3 Å². The maximum atomic E-state index is 13.0. The zero-order chi connectivity index (χ0) is 33.6. The molecular weight excluding hydrogens is 586 g/mol. The van der Waals surface area contributed by atoms with Crippen LogP contribution in [-0.2, 0) is 32.0 Å². The number of aryl methyl sites for hydroxylation is 1. The van der Waals surface area contributed by atoms with E-state index < -0.39 is 38.1 Å². The van der Waals surface area contributed by atoms with Crippen LogP contribution in [0.25, 0.3) is 0 Å². The van der Waals surface area contributed by atoms with Gasteiger partial charge in [0.25, 0.3) is 0 Å². The summed E-state index contributed by atoms with van der Waals surface area (Å²) in [4.78, 5) is 61.0. The molecule has 2 rings (SSSR count). The molecule has 0 bridgehead atoms. The molecule has 2 atom stereocenters. The van der Waals surface area contributed by atoms with Gasteiger partial charge >= 0.3 is 0 Å². The van der Waals surface area contributed by atoms with Crippen molar-refractivity contribution in [1.29, 1.82) is 0 Å². The smallest absolute Gasteiger partial charge is 0.243 e. The van der Waals surface area contributed by atoms with Gasteiger partial charge in [0, 0.05) is 19.4 Å². The van der Waals surface area contributed by atoms with E-state index in [9.17, 15) is 24.0 Å². The van der Waals surface area contributed by atoms with Crippen LogP contribution in [0.4, 0.5) is 0 Å². The molecule has 4 amide bonds. The van der Waals surface area contributed by atoms with Gasteiger partial charge in [-0.25, -0.2) is 0 Å². The van der Waals surface area contributed by atoms with Crippen molar-refractivity contribution >= 4 is 37.1 Å². The SMILES string of the molecule is CC(C)[C@H](NCCCc1cccc([Si](O)(C(C)C)C(C)C)c1)C(=O)NCCC(=O)N[C@@H](Cc1ccccc1)C(=O)NCC(N)=O. The Balaban J connectivity index is 1.87. The van der Waals surface area contributed by atoms with Gasteiger partial charge in [-0.15, -0.1) is 0 Å². The number of hydrogen-bond donors (Lipinski definition) is 6. The van der Waals surface area contributed by atoms with Crippen molar-refractivity contribution in [2.75, 3.05) is 19.6 Å². The Kier molecular flexibility index (Phi) is 15.4. The second kappa shape index (κ2) is 18.4. The average molecular weight is 640 g/mol. The Morgan fingerprint density at radius 3 is 2.07 bits per heavy atom. The van der Waals surface area contributed by atoms with Crippen LogP contribution in [0.2, 0.25) is 11.1 Å². The van der Waals surface area contributed by atoms with E-state index in [1.807, 2.05) is 50.2 Å². The molecule has 0 aliphatic rings. The van der Waals surface area contributed by atoms with Gasteiger partial charge in [-0.2, -0.15) is 0 Å². The molecule has 0 saturated heterocycles. The number of nitrogens with two attached hydrogens (primary N) is 1. The summed E-state index contributed by atoms with van der Waals surface area (Å²) in [6.07, 6.45) is 1.88. The third kappa shape index (κ3) is 12.1. The van der Waals surface area contributed by atoms with E-state index >= 15 is 0 Å². The first kappa shape index (κ1) is 37.6. The summed E-state index contributed by atoms with van der Waals surface area (Å²) in [6.45, 7) is 12.8. The molecule has 0 aliphatic carbocycles. The normalized spacial score (nSPS) is 13.0. The number of carbonyl (C=O) groups excluding carboxylic acids is 4. The van der Waals surface area contributed by atoms with Crippen molar-refractivity contribution in [3.8, 4) is 0 Å². The molecule has 0 spiro atoms. The van der Waals surface area contributed by atoms with E-state index in [1.54, 1.807) is 0 Å². The molecule has 0 aromatic heterocycles. The Morgan fingerprint density at radius 1 is 0.822 bits per heavy atom. The van der Waals surface area contributed by atoms with E-state index in [1.165, 1.54) is 5.56 Å². The lowest BCUT2D eigenvalue weighted by Gasteiger charge is -2.34. The van der Waals surface area contributed by atoms with Crippen LogP contribution in [0.3, 0.4) is 0 Å². The zero-order valence-corrected chi connectivity index (χ0v) is 28.7. The van der Waals surface area contributed by atoms with Gasteiger partial charge in [0.2, 0.25) is 31.9 Å². The van der Waals surface area contributed by atoms with Crippen molar-refractivity contribution < 1.29 is 24.0 Å². The maximum absolute atomic E-state index is 13.0. The molecule has 248 valence electrons.